The quantitative estimate of drug-likeness (QED) is 0.857. The summed E-state index contributed by atoms with van der Waals surface area (Å²) in [7, 11) is 0. The van der Waals surface area contributed by atoms with E-state index in [0.29, 0.717) is 35.7 Å². The van der Waals surface area contributed by atoms with Crippen molar-refractivity contribution in [3.05, 3.63) is 23.7 Å². The maximum atomic E-state index is 5.46. The second-order valence-electron chi connectivity index (χ2n) is 3.74. The summed E-state index contributed by atoms with van der Waals surface area (Å²) < 4.78 is 10.6. The van der Waals surface area contributed by atoms with Gasteiger partial charge in [-0.3, -0.25) is 0 Å². The van der Waals surface area contributed by atoms with E-state index in [4.69, 9.17) is 14.7 Å². The van der Waals surface area contributed by atoms with Gasteiger partial charge < -0.3 is 14.7 Å². The van der Waals surface area contributed by atoms with E-state index in [1.54, 1.807) is 6.07 Å². The van der Waals surface area contributed by atoms with Crippen molar-refractivity contribution in [1.82, 2.24) is 10.1 Å². The minimum Gasteiger partial charge on any atom is -0.455 e. The molecule has 0 aliphatic heterocycles. The van der Waals surface area contributed by atoms with Crippen molar-refractivity contribution >= 4 is 0 Å². The van der Waals surface area contributed by atoms with E-state index in [1.165, 1.54) is 0 Å². The van der Waals surface area contributed by atoms with Crippen LogP contribution in [0.1, 0.15) is 37.8 Å². The van der Waals surface area contributed by atoms with Gasteiger partial charge in [-0.15, -0.1) is 0 Å². The van der Waals surface area contributed by atoms with Gasteiger partial charge in [0, 0.05) is 5.92 Å². The third-order valence-corrected chi connectivity index (χ3v) is 2.57. The Morgan fingerprint density at radius 1 is 1.44 bits per heavy atom. The maximum absolute atomic E-state index is 5.46. The predicted octanol–water partition coefficient (Wildman–Crippen LogP) is 2.30. The van der Waals surface area contributed by atoms with Crippen molar-refractivity contribution < 1.29 is 8.94 Å². The molecule has 2 heterocycles. The molecule has 1 atom stereocenters. The number of nitrogens with zero attached hydrogens (tertiary/aromatic N) is 2. The van der Waals surface area contributed by atoms with Crippen LogP contribution < -0.4 is 5.73 Å². The van der Waals surface area contributed by atoms with Crippen LogP contribution in [-0.4, -0.2) is 10.1 Å². The summed E-state index contributed by atoms with van der Waals surface area (Å²) in [5, 5.41) is 3.92. The van der Waals surface area contributed by atoms with Gasteiger partial charge >= 0.3 is 0 Å². The molecule has 2 rings (SSSR count). The molecule has 0 amide bonds. The van der Waals surface area contributed by atoms with E-state index >= 15 is 0 Å². The molecule has 1 unspecified atom stereocenters. The van der Waals surface area contributed by atoms with Gasteiger partial charge in [-0.2, -0.15) is 4.98 Å². The van der Waals surface area contributed by atoms with Gasteiger partial charge in [-0.1, -0.05) is 19.0 Å². The fourth-order valence-electron chi connectivity index (χ4n) is 1.32. The molecule has 0 saturated carbocycles. The first kappa shape index (κ1) is 10.9. The fourth-order valence-corrected chi connectivity index (χ4v) is 1.32. The summed E-state index contributed by atoms with van der Waals surface area (Å²) >= 11 is 0. The van der Waals surface area contributed by atoms with E-state index in [1.807, 2.05) is 6.07 Å². The Kier molecular flexibility index (Phi) is 3.05. The summed E-state index contributed by atoms with van der Waals surface area (Å²) in [5.41, 5.74) is 5.46. The van der Waals surface area contributed by atoms with Crippen molar-refractivity contribution in [2.75, 3.05) is 0 Å². The van der Waals surface area contributed by atoms with Crippen LogP contribution in [0.4, 0.5) is 0 Å². The number of aromatic nitrogens is 2. The van der Waals surface area contributed by atoms with Gasteiger partial charge in [0.05, 0.1) is 6.54 Å². The van der Waals surface area contributed by atoms with Gasteiger partial charge in [0.1, 0.15) is 5.76 Å². The van der Waals surface area contributed by atoms with Gasteiger partial charge in [0.25, 0.3) is 5.89 Å². The summed E-state index contributed by atoms with van der Waals surface area (Å²) in [4.78, 5) is 4.29. The lowest BCUT2D eigenvalue weighted by Gasteiger charge is -1.98. The van der Waals surface area contributed by atoms with Crippen LogP contribution in [0.5, 0.6) is 0 Å². The number of hydrogen-bond donors (Lipinski definition) is 1. The Balaban J connectivity index is 2.24. The lowest BCUT2D eigenvalue weighted by molar-refractivity contribution is 0.400. The Morgan fingerprint density at radius 3 is 2.88 bits per heavy atom. The largest absolute Gasteiger partial charge is 0.455 e. The van der Waals surface area contributed by atoms with E-state index in [9.17, 15) is 0 Å². The predicted molar refractivity (Wildman–Crippen MR) is 58.6 cm³/mol. The van der Waals surface area contributed by atoms with Crippen molar-refractivity contribution in [2.45, 2.75) is 32.7 Å². The normalized spacial score (nSPS) is 12.9. The van der Waals surface area contributed by atoms with Crippen LogP contribution in [0.15, 0.2) is 21.1 Å². The fraction of sp³-hybridized carbons (Fsp3) is 0.455. The monoisotopic (exact) mass is 221 g/mol. The van der Waals surface area contributed by atoms with Crippen LogP contribution >= 0.6 is 0 Å². The molecular weight excluding hydrogens is 206 g/mol. The van der Waals surface area contributed by atoms with E-state index in [2.05, 4.69) is 24.0 Å². The van der Waals surface area contributed by atoms with E-state index in [0.717, 1.165) is 6.42 Å². The first-order valence-corrected chi connectivity index (χ1v) is 5.37. The molecule has 2 aromatic heterocycles. The standard InChI is InChI=1S/C11H15N3O2/c1-3-7(2)10-13-11(16-14-10)9-5-4-8(6-12)15-9/h4-5,7H,3,6,12H2,1-2H3. The highest BCUT2D eigenvalue weighted by Crippen LogP contribution is 2.23. The minimum absolute atomic E-state index is 0.293. The first-order valence-electron chi connectivity index (χ1n) is 5.37. The maximum Gasteiger partial charge on any atom is 0.293 e. The summed E-state index contributed by atoms with van der Waals surface area (Å²) in [6.07, 6.45) is 0.977. The Hall–Kier alpha value is -1.62. The molecule has 0 spiro atoms. The van der Waals surface area contributed by atoms with Crippen LogP contribution in [0.2, 0.25) is 0 Å². The van der Waals surface area contributed by atoms with E-state index in [-0.39, 0.29) is 0 Å². The van der Waals surface area contributed by atoms with Gasteiger partial charge in [0.15, 0.2) is 11.6 Å². The SMILES string of the molecule is CCC(C)c1noc(-c2ccc(CN)o2)n1. The number of furan rings is 1. The van der Waals surface area contributed by atoms with Crippen molar-refractivity contribution in [1.29, 1.82) is 0 Å². The molecule has 0 aliphatic rings. The molecule has 86 valence electrons. The lowest BCUT2D eigenvalue weighted by Crippen LogP contribution is -1.93. The smallest absolute Gasteiger partial charge is 0.293 e. The average Bonchev–Trinajstić information content (AvgIpc) is 2.95. The molecule has 0 saturated heterocycles. The van der Waals surface area contributed by atoms with E-state index < -0.39 is 0 Å². The zero-order chi connectivity index (χ0) is 11.5. The first-order chi connectivity index (χ1) is 7.74. The third kappa shape index (κ3) is 1.99. The summed E-state index contributed by atoms with van der Waals surface area (Å²) in [5.74, 6) is 2.69. The molecule has 2 aromatic rings. The van der Waals surface area contributed by atoms with Crippen LogP contribution in [-0.2, 0) is 6.54 Å². The van der Waals surface area contributed by atoms with Crippen molar-refractivity contribution in [3.63, 3.8) is 0 Å². The molecule has 0 fully saturated rings. The van der Waals surface area contributed by atoms with Crippen LogP contribution in [0, 0.1) is 0 Å². The molecule has 0 aliphatic carbocycles. The third-order valence-electron chi connectivity index (χ3n) is 2.57. The highest BCUT2D eigenvalue weighted by molar-refractivity contribution is 5.44. The van der Waals surface area contributed by atoms with Crippen molar-refractivity contribution in [3.8, 4) is 11.7 Å². The Labute approximate surface area is 93.6 Å². The second-order valence-corrected chi connectivity index (χ2v) is 3.74. The van der Waals surface area contributed by atoms with Gasteiger partial charge in [-0.25, -0.2) is 0 Å². The van der Waals surface area contributed by atoms with Gasteiger partial charge in [0.2, 0.25) is 0 Å². The number of hydrogen-bond acceptors (Lipinski definition) is 5. The minimum atomic E-state index is 0.293. The van der Waals surface area contributed by atoms with Gasteiger partial charge in [-0.05, 0) is 18.6 Å². The zero-order valence-electron chi connectivity index (χ0n) is 9.43. The second kappa shape index (κ2) is 4.49. The van der Waals surface area contributed by atoms with Crippen LogP contribution in [0.25, 0.3) is 11.7 Å². The molecule has 2 N–H and O–H groups in total. The van der Waals surface area contributed by atoms with Crippen LogP contribution in [0.3, 0.4) is 0 Å². The molecule has 16 heavy (non-hydrogen) atoms. The number of nitrogens with two attached hydrogens (primary N) is 1. The highest BCUT2D eigenvalue weighted by atomic mass is 16.5. The molecule has 0 bridgehead atoms. The topological polar surface area (TPSA) is 78.1 Å². The zero-order valence-corrected chi connectivity index (χ0v) is 9.43. The Morgan fingerprint density at radius 2 is 2.25 bits per heavy atom. The molecule has 0 aromatic carbocycles. The average molecular weight is 221 g/mol. The number of rotatable bonds is 4. The molecular formula is C11H15N3O2. The molecule has 5 nitrogen and oxygen atoms in total. The molecule has 5 heteroatoms. The molecule has 0 radical (unpaired) electrons. The highest BCUT2D eigenvalue weighted by Gasteiger charge is 2.15. The Bertz CT molecular complexity index is 461. The lowest BCUT2D eigenvalue weighted by atomic mass is 10.1. The van der Waals surface area contributed by atoms with Crippen molar-refractivity contribution in [2.24, 2.45) is 5.73 Å². The summed E-state index contributed by atoms with van der Waals surface area (Å²) in [6.45, 7) is 4.51. The summed E-state index contributed by atoms with van der Waals surface area (Å²) in [6, 6.07) is 3.60.